The van der Waals surface area contributed by atoms with E-state index in [-0.39, 0.29) is 17.8 Å². The van der Waals surface area contributed by atoms with Crippen LogP contribution in [0.5, 0.6) is 0 Å². The van der Waals surface area contributed by atoms with Crippen LogP contribution in [0.1, 0.15) is 24.4 Å². The van der Waals surface area contributed by atoms with Gasteiger partial charge in [0.05, 0.1) is 12.1 Å². The summed E-state index contributed by atoms with van der Waals surface area (Å²) in [5.74, 6) is -0.309. The number of halogens is 1. The van der Waals surface area contributed by atoms with Crippen LogP contribution in [0.4, 0.5) is 4.39 Å². The second-order valence-corrected chi connectivity index (χ2v) is 5.84. The van der Waals surface area contributed by atoms with E-state index in [4.69, 9.17) is 11.1 Å². The van der Waals surface area contributed by atoms with Crippen molar-refractivity contribution >= 4 is 5.96 Å². The summed E-state index contributed by atoms with van der Waals surface area (Å²) in [6.07, 6.45) is 0.618. The number of nitrogens with zero attached hydrogens (tertiary/aromatic N) is 1. The lowest BCUT2D eigenvalue weighted by molar-refractivity contribution is 0.0746. The first kappa shape index (κ1) is 15.5. The molecule has 2 aromatic carbocycles. The van der Waals surface area contributed by atoms with E-state index in [1.807, 2.05) is 24.3 Å². The van der Waals surface area contributed by atoms with Crippen molar-refractivity contribution in [2.24, 2.45) is 5.73 Å². The standard InChI is InChI=1S/C18H20FN3O/c19-16-8-4-3-6-14(16)13-5-1-2-7-15(13)17-11-12(23)9-10-22(17)18(20)21/h1-8,12,17,23H,9-11H2,(H3,20,21). The molecule has 2 atom stereocenters. The number of rotatable bonds is 2. The zero-order chi connectivity index (χ0) is 16.4. The van der Waals surface area contributed by atoms with Crippen molar-refractivity contribution in [1.82, 2.24) is 4.90 Å². The summed E-state index contributed by atoms with van der Waals surface area (Å²) in [5, 5.41) is 17.8. The van der Waals surface area contributed by atoms with Gasteiger partial charge >= 0.3 is 0 Å². The van der Waals surface area contributed by atoms with E-state index < -0.39 is 6.10 Å². The second kappa shape index (κ2) is 6.38. The van der Waals surface area contributed by atoms with Crippen LogP contribution in [0, 0.1) is 11.2 Å². The molecule has 2 unspecified atom stereocenters. The lowest BCUT2D eigenvalue weighted by Crippen LogP contribution is -2.45. The number of benzene rings is 2. The Kier molecular flexibility index (Phi) is 4.30. The highest BCUT2D eigenvalue weighted by molar-refractivity contribution is 5.76. The summed E-state index contributed by atoms with van der Waals surface area (Å²) in [6.45, 7) is 0.521. The second-order valence-electron chi connectivity index (χ2n) is 5.84. The number of aliphatic hydroxyl groups excluding tert-OH is 1. The number of hydrogen-bond acceptors (Lipinski definition) is 2. The number of hydrogen-bond donors (Lipinski definition) is 3. The molecule has 4 nitrogen and oxygen atoms in total. The number of piperidine rings is 1. The third-order valence-electron chi connectivity index (χ3n) is 4.37. The van der Waals surface area contributed by atoms with E-state index in [2.05, 4.69) is 0 Å². The third-order valence-corrected chi connectivity index (χ3v) is 4.37. The number of guanidine groups is 1. The molecular formula is C18H20FN3O. The minimum absolute atomic E-state index is 0.0229. The van der Waals surface area contributed by atoms with E-state index in [0.717, 1.165) is 11.1 Å². The Morgan fingerprint density at radius 2 is 1.78 bits per heavy atom. The molecule has 120 valence electrons. The molecule has 0 spiro atoms. The van der Waals surface area contributed by atoms with Gasteiger partial charge in [0.25, 0.3) is 0 Å². The van der Waals surface area contributed by atoms with Crippen LogP contribution in [-0.4, -0.2) is 28.6 Å². The maximum absolute atomic E-state index is 14.2. The van der Waals surface area contributed by atoms with Gasteiger partial charge in [-0.15, -0.1) is 0 Å². The fourth-order valence-electron chi connectivity index (χ4n) is 3.24. The van der Waals surface area contributed by atoms with Gasteiger partial charge in [0.2, 0.25) is 0 Å². The SMILES string of the molecule is N=C(N)N1CCC(O)CC1c1ccccc1-c1ccccc1F. The van der Waals surface area contributed by atoms with Gasteiger partial charge < -0.3 is 15.7 Å². The molecule has 23 heavy (non-hydrogen) atoms. The van der Waals surface area contributed by atoms with E-state index >= 15 is 0 Å². The average molecular weight is 313 g/mol. The molecule has 0 saturated carbocycles. The molecule has 1 heterocycles. The first-order valence-electron chi connectivity index (χ1n) is 7.70. The maximum Gasteiger partial charge on any atom is 0.188 e. The van der Waals surface area contributed by atoms with E-state index in [1.165, 1.54) is 6.07 Å². The summed E-state index contributed by atoms with van der Waals surface area (Å²) in [4.78, 5) is 1.77. The molecule has 1 aliphatic heterocycles. The lowest BCUT2D eigenvalue weighted by atomic mass is 9.88. The van der Waals surface area contributed by atoms with Gasteiger partial charge in [0, 0.05) is 12.1 Å². The molecule has 1 saturated heterocycles. The fourth-order valence-corrected chi connectivity index (χ4v) is 3.24. The molecule has 4 N–H and O–H groups in total. The van der Waals surface area contributed by atoms with Crippen molar-refractivity contribution < 1.29 is 9.50 Å². The maximum atomic E-state index is 14.2. The minimum atomic E-state index is -0.440. The fraction of sp³-hybridized carbons (Fsp3) is 0.278. The Bertz CT molecular complexity index is 719. The molecule has 5 heteroatoms. The third kappa shape index (κ3) is 3.05. The monoisotopic (exact) mass is 313 g/mol. The Hall–Kier alpha value is -2.40. The van der Waals surface area contributed by atoms with Crippen LogP contribution in [-0.2, 0) is 0 Å². The van der Waals surface area contributed by atoms with Gasteiger partial charge in [-0.05, 0) is 30.0 Å². The average Bonchev–Trinajstić information content (AvgIpc) is 2.55. The quantitative estimate of drug-likeness (QED) is 0.589. The highest BCUT2D eigenvalue weighted by Gasteiger charge is 2.31. The smallest absolute Gasteiger partial charge is 0.188 e. The number of aliphatic hydroxyl groups is 1. The lowest BCUT2D eigenvalue weighted by Gasteiger charge is -2.39. The first-order chi connectivity index (χ1) is 11.1. The summed E-state index contributed by atoms with van der Waals surface area (Å²) in [6, 6.07) is 13.9. The van der Waals surface area contributed by atoms with Crippen molar-refractivity contribution in [2.45, 2.75) is 25.0 Å². The normalized spacial score (nSPS) is 21.2. The van der Waals surface area contributed by atoms with Crippen LogP contribution in [0.2, 0.25) is 0 Å². The van der Waals surface area contributed by atoms with Crippen molar-refractivity contribution in [1.29, 1.82) is 5.41 Å². The van der Waals surface area contributed by atoms with Gasteiger partial charge in [0.1, 0.15) is 5.82 Å². The number of nitrogens with two attached hydrogens (primary N) is 1. The largest absolute Gasteiger partial charge is 0.393 e. The van der Waals surface area contributed by atoms with E-state index in [9.17, 15) is 9.50 Å². The molecule has 1 fully saturated rings. The molecule has 0 radical (unpaired) electrons. The van der Waals surface area contributed by atoms with Crippen molar-refractivity contribution in [3.8, 4) is 11.1 Å². The summed E-state index contributed by atoms with van der Waals surface area (Å²) in [5.41, 5.74) is 7.89. The van der Waals surface area contributed by atoms with Crippen LogP contribution >= 0.6 is 0 Å². The van der Waals surface area contributed by atoms with Crippen LogP contribution < -0.4 is 5.73 Å². The Balaban J connectivity index is 2.09. The number of likely N-dealkylation sites (tertiary alicyclic amines) is 1. The van der Waals surface area contributed by atoms with Gasteiger partial charge in [-0.25, -0.2) is 4.39 Å². The Labute approximate surface area is 134 Å². The topological polar surface area (TPSA) is 73.3 Å². The van der Waals surface area contributed by atoms with Crippen LogP contribution in [0.25, 0.3) is 11.1 Å². The molecule has 0 bridgehead atoms. The van der Waals surface area contributed by atoms with E-state index in [0.29, 0.717) is 24.9 Å². The van der Waals surface area contributed by atoms with Gasteiger partial charge in [-0.1, -0.05) is 42.5 Å². The highest BCUT2D eigenvalue weighted by Crippen LogP contribution is 2.37. The molecule has 0 amide bonds. The summed E-state index contributed by atoms with van der Waals surface area (Å²) in [7, 11) is 0. The zero-order valence-electron chi connectivity index (χ0n) is 12.7. The van der Waals surface area contributed by atoms with Gasteiger partial charge in [0.15, 0.2) is 5.96 Å². The summed E-state index contributed by atoms with van der Waals surface area (Å²) < 4.78 is 14.2. The van der Waals surface area contributed by atoms with Crippen LogP contribution in [0.3, 0.4) is 0 Å². The van der Waals surface area contributed by atoms with Crippen LogP contribution in [0.15, 0.2) is 48.5 Å². The molecule has 2 aromatic rings. The highest BCUT2D eigenvalue weighted by atomic mass is 19.1. The Morgan fingerprint density at radius 1 is 1.13 bits per heavy atom. The first-order valence-corrected chi connectivity index (χ1v) is 7.70. The molecule has 0 aliphatic carbocycles. The zero-order valence-corrected chi connectivity index (χ0v) is 12.7. The predicted octanol–water partition coefficient (Wildman–Crippen LogP) is 2.88. The molecule has 1 aliphatic rings. The molecule has 0 aromatic heterocycles. The number of nitrogens with one attached hydrogen (secondary N) is 1. The van der Waals surface area contributed by atoms with E-state index in [1.54, 1.807) is 23.1 Å². The van der Waals surface area contributed by atoms with Gasteiger partial charge in [-0.3, -0.25) is 5.41 Å². The molecule has 3 rings (SSSR count). The molecular weight excluding hydrogens is 293 g/mol. The minimum Gasteiger partial charge on any atom is -0.393 e. The predicted molar refractivity (Wildman–Crippen MR) is 88.4 cm³/mol. The summed E-state index contributed by atoms with van der Waals surface area (Å²) >= 11 is 0. The van der Waals surface area contributed by atoms with Crippen molar-refractivity contribution in [3.05, 3.63) is 59.9 Å². The van der Waals surface area contributed by atoms with Crippen molar-refractivity contribution in [3.63, 3.8) is 0 Å². The van der Waals surface area contributed by atoms with Gasteiger partial charge in [-0.2, -0.15) is 0 Å². The Morgan fingerprint density at radius 3 is 2.48 bits per heavy atom. The van der Waals surface area contributed by atoms with Crippen molar-refractivity contribution in [2.75, 3.05) is 6.54 Å².